The van der Waals surface area contributed by atoms with Crippen molar-refractivity contribution in [3.8, 4) is 0 Å². The standard InChI is InChI=1S/C17H27NS/c1-14-10-16(8-5-9-18)12-17(11-14)19-13-15-6-3-2-4-7-15/h10-12,15H,2-9,13,18H2,1H3. The molecule has 1 aromatic carbocycles. The molecule has 0 heterocycles. The van der Waals surface area contributed by atoms with Crippen molar-refractivity contribution in [2.75, 3.05) is 12.3 Å². The van der Waals surface area contributed by atoms with E-state index in [2.05, 4.69) is 36.9 Å². The van der Waals surface area contributed by atoms with E-state index in [4.69, 9.17) is 5.73 Å². The van der Waals surface area contributed by atoms with Gasteiger partial charge in [0.05, 0.1) is 0 Å². The van der Waals surface area contributed by atoms with E-state index in [1.54, 1.807) is 0 Å². The predicted octanol–water partition coefficient (Wildman–Crippen LogP) is 4.56. The van der Waals surface area contributed by atoms with Crippen LogP contribution >= 0.6 is 11.8 Å². The lowest BCUT2D eigenvalue weighted by Gasteiger charge is -2.21. The zero-order chi connectivity index (χ0) is 13.5. The zero-order valence-corrected chi connectivity index (χ0v) is 13.0. The summed E-state index contributed by atoms with van der Waals surface area (Å²) in [5, 5.41) is 0. The molecule has 0 aromatic heterocycles. The Morgan fingerprint density at radius 2 is 1.95 bits per heavy atom. The molecule has 1 aliphatic rings. The van der Waals surface area contributed by atoms with Crippen LogP contribution < -0.4 is 5.73 Å². The second-order valence-corrected chi connectivity index (χ2v) is 6.95. The first kappa shape index (κ1) is 14.9. The molecule has 2 heteroatoms. The summed E-state index contributed by atoms with van der Waals surface area (Å²) >= 11 is 2.06. The average Bonchev–Trinajstić information content (AvgIpc) is 2.43. The van der Waals surface area contributed by atoms with Crippen molar-refractivity contribution >= 4 is 11.8 Å². The van der Waals surface area contributed by atoms with E-state index in [0.717, 1.165) is 25.3 Å². The number of hydrogen-bond donors (Lipinski definition) is 1. The molecule has 0 bridgehead atoms. The second kappa shape index (κ2) is 7.96. The summed E-state index contributed by atoms with van der Waals surface area (Å²) in [7, 11) is 0. The van der Waals surface area contributed by atoms with Crippen LogP contribution in [0.2, 0.25) is 0 Å². The Morgan fingerprint density at radius 3 is 2.68 bits per heavy atom. The van der Waals surface area contributed by atoms with Gasteiger partial charge in [0.1, 0.15) is 0 Å². The summed E-state index contributed by atoms with van der Waals surface area (Å²) in [6.45, 7) is 3.00. The number of benzene rings is 1. The van der Waals surface area contributed by atoms with Gasteiger partial charge in [-0.15, -0.1) is 11.8 Å². The molecule has 0 amide bonds. The monoisotopic (exact) mass is 277 g/mol. The SMILES string of the molecule is Cc1cc(CCCN)cc(SCC2CCCCC2)c1. The first-order valence-electron chi connectivity index (χ1n) is 7.71. The van der Waals surface area contributed by atoms with Crippen LogP contribution in [0.3, 0.4) is 0 Å². The van der Waals surface area contributed by atoms with Gasteiger partial charge >= 0.3 is 0 Å². The fraction of sp³-hybridized carbons (Fsp3) is 0.647. The van der Waals surface area contributed by atoms with Gasteiger partial charge in [0, 0.05) is 10.6 Å². The van der Waals surface area contributed by atoms with Gasteiger partial charge < -0.3 is 5.73 Å². The molecule has 0 spiro atoms. The van der Waals surface area contributed by atoms with E-state index in [9.17, 15) is 0 Å². The number of hydrogen-bond acceptors (Lipinski definition) is 2. The van der Waals surface area contributed by atoms with Crippen molar-refractivity contribution in [1.29, 1.82) is 0 Å². The number of nitrogens with two attached hydrogens (primary N) is 1. The number of thioether (sulfide) groups is 1. The summed E-state index contributed by atoms with van der Waals surface area (Å²) in [5.41, 5.74) is 8.45. The number of aryl methyl sites for hydroxylation is 2. The third kappa shape index (κ3) is 5.19. The largest absolute Gasteiger partial charge is 0.330 e. The van der Waals surface area contributed by atoms with E-state index in [1.165, 1.54) is 53.9 Å². The molecule has 0 aliphatic heterocycles. The van der Waals surface area contributed by atoms with Crippen LogP contribution in [0.4, 0.5) is 0 Å². The first-order chi connectivity index (χ1) is 9.28. The summed E-state index contributed by atoms with van der Waals surface area (Å²) in [5.74, 6) is 2.26. The highest BCUT2D eigenvalue weighted by molar-refractivity contribution is 7.99. The molecule has 1 saturated carbocycles. The molecule has 0 saturated heterocycles. The van der Waals surface area contributed by atoms with Crippen LogP contribution in [0, 0.1) is 12.8 Å². The van der Waals surface area contributed by atoms with Crippen LogP contribution in [0.15, 0.2) is 23.1 Å². The lowest BCUT2D eigenvalue weighted by atomic mass is 9.91. The highest BCUT2D eigenvalue weighted by Gasteiger charge is 2.13. The van der Waals surface area contributed by atoms with Crippen molar-refractivity contribution in [3.05, 3.63) is 29.3 Å². The van der Waals surface area contributed by atoms with Crippen molar-refractivity contribution in [2.24, 2.45) is 11.7 Å². The van der Waals surface area contributed by atoms with E-state index in [-0.39, 0.29) is 0 Å². The lowest BCUT2D eigenvalue weighted by Crippen LogP contribution is -2.08. The van der Waals surface area contributed by atoms with Gasteiger partial charge in [0.25, 0.3) is 0 Å². The van der Waals surface area contributed by atoms with E-state index in [1.807, 2.05) is 0 Å². The van der Waals surface area contributed by atoms with Gasteiger partial charge in [-0.3, -0.25) is 0 Å². The van der Waals surface area contributed by atoms with Gasteiger partial charge in [-0.05, 0) is 68.3 Å². The quantitative estimate of drug-likeness (QED) is 0.771. The Kier molecular flexibility index (Phi) is 6.25. The van der Waals surface area contributed by atoms with Gasteiger partial charge in [-0.25, -0.2) is 0 Å². The third-order valence-corrected chi connectivity index (χ3v) is 5.20. The van der Waals surface area contributed by atoms with Crippen LogP contribution in [0.1, 0.15) is 49.7 Å². The summed E-state index contributed by atoms with van der Waals surface area (Å²) in [6.07, 6.45) is 9.44. The lowest BCUT2D eigenvalue weighted by molar-refractivity contribution is 0.391. The Bertz CT molecular complexity index is 383. The fourth-order valence-electron chi connectivity index (χ4n) is 2.93. The zero-order valence-electron chi connectivity index (χ0n) is 12.2. The van der Waals surface area contributed by atoms with Gasteiger partial charge in [0.2, 0.25) is 0 Å². The van der Waals surface area contributed by atoms with Gasteiger partial charge in [-0.2, -0.15) is 0 Å². The smallest absolute Gasteiger partial charge is 0.00774 e. The Hall–Kier alpha value is -0.470. The maximum Gasteiger partial charge on any atom is 0.00774 e. The topological polar surface area (TPSA) is 26.0 Å². The molecular weight excluding hydrogens is 250 g/mol. The van der Waals surface area contributed by atoms with Crippen LogP contribution in [-0.2, 0) is 6.42 Å². The molecule has 1 fully saturated rings. The molecule has 2 rings (SSSR count). The minimum atomic E-state index is 0.790. The van der Waals surface area contributed by atoms with Gasteiger partial charge in [-0.1, -0.05) is 25.3 Å². The highest BCUT2D eigenvalue weighted by atomic mass is 32.2. The number of rotatable bonds is 6. The third-order valence-electron chi connectivity index (χ3n) is 3.99. The van der Waals surface area contributed by atoms with Crippen LogP contribution in [0.25, 0.3) is 0 Å². The molecule has 0 unspecified atom stereocenters. The molecule has 0 atom stereocenters. The van der Waals surface area contributed by atoms with Crippen molar-refractivity contribution < 1.29 is 0 Å². The molecule has 106 valence electrons. The Labute approximate surface area is 122 Å². The fourth-order valence-corrected chi connectivity index (χ4v) is 4.19. The molecule has 19 heavy (non-hydrogen) atoms. The summed E-state index contributed by atoms with van der Waals surface area (Å²) < 4.78 is 0. The maximum atomic E-state index is 5.60. The summed E-state index contributed by atoms with van der Waals surface area (Å²) in [4.78, 5) is 1.46. The van der Waals surface area contributed by atoms with Crippen molar-refractivity contribution in [3.63, 3.8) is 0 Å². The Morgan fingerprint density at radius 1 is 1.16 bits per heavy atom. The highest BCUT2D eigenvalue weighted by Crippen LogP contribution is 2.30. The second-order valence-electron chi connectivity index (χ2n) is 5.86. The van der Waals surface area contributed by atoms with E-state index < -0.39 is 0 Å². The van der Waals surface area contributed by atoms with E-state index in [0.29, 0.717) is 0 Å². The molecule has 1 nitrogen and oxygen atoms in total. The first-order valence-corrected chi connectivity index (χ1v) is 8.70. The molecular formula is C17H27NS. The predicted molar refractivity (Wildman–Crippen MR) is 85.9 cm³/mol. The van der Waals surface area contributed by atoms with Gasteiger partial charge in [0.15, 0.2) is 0 Å². The molecule has 1 aliphatic carbocycles. The van der Waals surface area contributed by atoms with Crippen molar-refractivity contribution in [2.45, 2.75) is 56.8 Å². The van der Waals surface area contributed by atoms with E-state index >= 15 is 0 Å². The van der Waals surface area contributed by atoms with Crippen LogP contribution in [-0.4, -0.2) is 12.3 Å². The average molecular weight is 277 g/mol. The maximum absolute atomic E-state index is 5.60. The minimum absolute atomic E-state index is 0.790. The van der Waals surface area contributed by atoms with Crippen LogP contribution in [0.5, 0.6) is 0 Å². The van der Waals surface area contributed by atoms with Crippen molar-refractivity contribution in [1.82, 2.24) is 0 Å². The normalized spacial score (nSPS) is 16.7. The molecule has 0 radical (unpaired) electrons. The summed E-state index contributed by atoms with van der Waals surface area (Å²) in [6, 6.07) is 7.01. The minimum Gasteiger partial charge on any atom is -0.330 e. The molecule has 2 N–H and O–H groups in total. The molecule has 1 aromatic rings. The Balaban J connectivity index is 1.89.